The number of esters is 1. The number of nitrogens with zero attached hydrogens (tertiary/aromatic N) is 1. The second kappa shape index (κ2) is 6.34. The fourth-order valence-corrected chi connectivity index (χ4v) is 2.59. The first-order valence-corrected chi connectivity index (χ1v) is 6.92. The quantitative estimate of drug-likeness (QED) is 0.636. The van der Waals surface area contributed by atoms with E-state index in [4.69, 9.17) is 4.74 Å². The van der Waals surface area contributed by atoms with Crippen LogP contribution < -0.4 is 10.6 Å². The Kier molecular flexibility index (Phi) is 4.76. The number of hydrogen-bond donors (Lipinski definition) is 2. The van der Waals surface area contributed by atoms with Gasteiger partial charge in [-0.05, 0) is 19.3 Å². The van der Waals surface area contributed by atoms with E-state index in [0.717, 1.165) is 25.6 Å². The lowest BCUT2D eigenvalue weighted by Crippen LogP contribution is -2.49. The van der Waals surface area contributed by atoms with Gasteiger partial charge in [0.1, 0.15) is 6.04 Å². The molecule has 2 aliphatic rings. The van der Waals surface area contributed by atoms with Crippen LogP contribution in [0.5, 0.6) is 0 Å². The average molecular weight is 269 g/mol. The minimum absolute atomic E-state index is 0.219. The summed E-state index contributed by atoms with van der Waals surface area (Å²) in [6.45, 7) is 4.00. The van der Waals surface area contributed by atoms with Crippen molar-refractivity contribution in [3.63, 3.8) is 0 Å². The third kappa shape index (κ3) is 4.18. The summed E-state index contributed by atoms with van der Waals surface area (Å²) in [5.74, 6) is -0.622. The molecule has 0 bridgehead atoms. The number of carbonyl (C=O) groups excluding carboxylic acids is 2. The normalized spacial score (nSPS) is 25.1. The molecular formula is C13H23N3O3. The van der Waals surface area contributed by atoms with E-state index >= 15 is 0 Å². The molecule has 1 aliphatic carbocycles. The van der Waals surface area contributed by atoms with Gasteiger partial charge in [-0.3, -0.25) is 9.69 Å². The van der Waals surface area contributed by atoms with Crippen LogP contribution in [0.2, 0.25) is 0 Å². The molecule has 108 valence electrons. The second-order valence-corrected chi connectivity index (χ2v) is 5.40. The van der Waals surface area contributed by atoms with Crippen molar-refractivity contribution in [1.82, 2.24) is 15.5 Å². The summed E-state index contributed by atoms with van der Waals surface area (Å²) in [4.78, 5) is 25.1. The Morgan fingerprint density at radius 1 is 1.37 bits per heavy atom. The summed E-state index contributed by atoms with van der Waals surface area (Å²) in [5.41, 5.74) is 0. The van der Waals surface area contributed by atoms with Gasteiger partial charge in [-0.2, -0.15) is 0 Å². The zero-order valence-corrected chi connectivity index (χ0v) is 11.6. The Bertz CT molecular complexity index is 344. The van der Waals surface area contributed by atoms with E-state index in [-0.39, 0.29) is 5.91 Å². The number of likely N-dealkylation sites (tertiary alicyclic amines) is 1. The Labute approximate surface area is 113 Å². The molecule has 1 saturated carbocycles. The van der Waals surface area contributed by atoms with Gasteiger partial charge in [-0.25, -0.2) is 4.79 Å². The second-order valence-electron chi connectivity index (χ2n) is 5.40. The third-order valence-corrected chi connectivity index (χ3v) is 3.76. The van der Waals surface area contributed by atoms with Crippen molar-refractivity contribution in [2.75, 3.05) is 26.7 Å². The Morgan fingerprint density at radius 3 is 2.68 bits per heavy atom. The van der Waals surface area contributed by atoms with Crippen molar-refractivity contribution in [3.8, 4) is 0 Å². The van der Waals surface area contributed by atoms with E-state index in [2.05, 4.69) is 15.5 Å². The highest BCUT2D eigenvalue weighted by atomic mass is 16.5. The van der Waals surface area contributed by atoms with Gasteiger partial charge in [0.15, 0.2) is 0 Å². The summed E-state index contributed by atoms with van der Waals surface area (Å²) in [6.07, 6.45) is 3.75. The Morgan fingerprint density at radius 2 is 2.11 bits per heavy atom. The van der Waals surface area contributed by atoms with Crippen LogP contribution in [-0.4, -0.2) is 61.6 Å². The molecule has 0 aromatic heterocycles. The van der Waals surface area contributed by atoms with Gasteiger partial charge < -0.3 is 15.4 Å². The fraction of sp³-hybridized carbons (Fsp3) is 0.846. The Balaban J connectivity index is 1.74. The van der Waals surface area contributed by atoms with E-state index < -0.39 is 12.0 Å². The summed E-state index contributed by atoms with van der Waals surface area (Å²) in [6, 6.07) is 0.595. The van der Waals surface area contributed by atoms with E-state index in [1.807, 2.05) is 0 Å². The maximum atomic E-state index is 11.5. The highest BCUT2D eigenvalue weighted by Gasteiger charge is 2.34. The van der Waals surface area contributed by atoms with Crippen molar-refractivity contribution in [2.24, 2.45) is 0 Å². The Hall–Kier alpha value is -1.14. The number of nitrogens with one attached hydrogen (secondary N) is 2. The van der Waals surface area contributed by atoms with Crippen LogP contribution >= 0.6 is 0 Å². The minimum atomic E-state index is -0.600. The molecule has 0 aromatic rings. The van der Waals surface area contributed by atoms with Crippen LogP contribution in [0.1, 0.15) is 26.2 Å². The van der Waals surface area contributed by atoms with Gasteiger partial charge in [-0.15, -0.1) is 0 Å². The fourth-order valence-electron chi connectivity index (χ4n) is 2.59. The third-order valence-electron chi connectivity index (χ3n) is 3.76. The molecule has 1 saturated heterocycles. The number of amides is 1. The van der Waals surface area contributed by atoms with Gasteiger partial charge in [0.2, 0.25) is 5.91 Å². The summed E-state index contributed by atoms with van der Waals surface area (Å²) in [7, 11) is 1.33. The molecule has 2 atom stereocenters. The van der Waals surface area contributed by atoms with Crippen LogP contribution in [0.4, 0.5) is 0 Å². The van der Waals surface area contributed by atoms with Crippen molar-refractivity contribution < 1.29 is 14.3 Å². The molecule has 2 unspecified atom stereocenters. The number of hydrogen-bond acceptors (Lipinski definition) is 5. The first-order chi connectivity index (χ1) is 9.10. The molecule has 1 aliphatic heterocycles. The average Bonchev–Trinajstić information content (AvgIpc) is 3.13. The lowest BCUT2D eigenvalue weighted by atomic mass is 10.2. The molecule has 1 heterocycles. The van der Waals surface area contributed by atoms with E-state index in [0.29, 0.717) is 12.6 Å². The monoisotopic (exact) mass is 269 g/mol. The molecule has 2 rings (SSSR count). The minimum Gasteiger partial charge on any atom is -0.467 e. The van der Waals surface area contributed by atoms with Crippen LogP contribution in [0.25, 0.3) is 0 Å². The molecule has 6 heteroatoms. The highest BCUT2D eigenvalue weighted by Crippen LogP contribution is 2.29. The standard InChI is InChI=1S/C13H23N3O3/c1-9(17)15-12(13(18)19-2)7-14-10-5-6-16(8-10)11-3-4-11/h10-12,14H,3-8H2,1-2H3,(H,15,17). The highest BCUT2D eigenvalue weighted by molar-refractivity contribution is 5.83. The number of rotatable bonds is 6. The predicted octanol–water partition coefficient (Wildman–Crippen LogP) is -0.510. The van der Waals surface area contributed by atoms with Gasteiger partial charge in [0.25, 0.3) is 0 Å². The SMILES string of the molecule is COC(=O)C(CNC1CCN(C2CC2)C1)NC(C)=O. The number of ether oxygens (including phenoxy) is 1. The van der Waals surface area contributed by atoms with E-state index in [9.17, 15) is 9.59 Å². The first-order valence-electron chi connectivity index (χ1n) is 6.92. The van der Waals surface area contributed by atoms with E-state index in [1.54, 1.807) is 0 Å². The predicted molar refractivity (Wildman–Crippen MR) is 70.6 cm³/mol. The van der Waals surface area contributed by atoms with Gasteiger partial charge in [0, 0.05) is 38.6 Å². The van der Waals surface area contributed by atoms with Crippen LogP contribution in [0.3, 0.4) is 0 Å². The zero-order valence-electron chi connectivity index (χ0n) is 11.6. The van der Waals surface area contributed by atoms with Gasteiger partial charge in [0.05, 0.1) is 7.11 Å². The van der Waals surface area contributed by atoms with Crippen molar-refractivity contribution in [1.29, 1.82) is 0 Å². The van der Waals surface area contributed by atoms with Gasteiger partial charge >= 0.3 is 5.97 Å². The van der Waals surface area contributed by atoms with Crippen LogP contribution in [0.15, 0.2) is 0 Å². The molecule has 0 spiro atoms. The van der Waals surface area contributed by atoms with Crippen molar-refractivity contribution in [3.05, 3.63) is 0 Å². The van der Waals surface area contributed by atoms with E-state index in [1.165, 1.54) is 26.9 Å². The molecule has 6 nitrogen and oxygen atoms in total. The lowest BCUT2D eigenvalue weighted by molar-refractivity contribution is -0.144. The molecule has 2 N–H and O–H groups in total. The van der Waals surface area contributed by atoms with Gasteiger partial charge in [-0.1, -0.05) is 0 Å². The zero-order chi connectivity index (χ0) is 13.8. The first kappa shape index (κ1) is 14.3. The maximum absolute atomic E-state index is 11.5. The van der Waals surface area contributed by atoms with Crippen LogP contribution in [-0.2, 0) is 14.3 Å². The lowest BCUT2D eigenvalue weighted by Gasteiger charge is -2.20. The van der Waals surface area contributed by atoms with Crippen molar-refractivity contribution in [2.45, 2.75) is 44.3 Å². The smallest absolute Gasteiger partial charge is 0.329 e. The summed E-state index contributed by atoms with van der Waals surface area (Å²) in [5, 5.41) is 5.97. The summed E-state index contributed by atoms with van der Waals surface area (Å²) < 4.78 is 4.69. The molecule has 0 aromatic carbocycles. The molecular weight excluding hydrogens is 246 g/mol. The number of methoxy groups -OCH3 is 1. The summed E-state index contributed by atoms with van der Waals surface area (Å²) >= 11 is 0. The topological polar surface area (TPSA) is 70.7 Å². The maximum Gasteiger partial charge on any atom is 0.329 e. The molecule has 19 heavy (non-hydrogen) atoms. The number of carbonyl (C=O) groups is 2. The van der Waals surface area contributed by atoms with Crippen LogP contribution in [0, 0.1) is 0 Å². The molecule has 1 amide bonds. The largest absolute Gasteiger partial charge is 0.467 e. The molecule has 0 radical (unpaired) electrons. The molecule has 2 fully saturated rings. The van der Waals surface area contributed by atoms with Crippen molar-refractivity contribution >= 4 is 11.9 Å².